The Kier molecular flexibility index (Phi) is 4.39. The van der Waals surface area contributed by atoms with Crippen LogP contribution in [0.25, 0.3) is 0 Å². The Bertz CT molecular complexity index is 903. The van der Waals surface area contributed by atoms with Crippen molar-refractivity contribution in [1.82, 2.24) is 4.90 Å². The van der Waals surface area contributed by atoms with Crippen molar-refractivity contribution in [1.29, 1.82) is 0 Å². The van der Waals surface area contributed by atoms with Gasteiger partial charge < -0.3 is 14.7 Å². The SMILES string of the molecule is CC1(C)Oc2ccc(SC(F)F)cc2C(N2Cc3ccccc3C2=O)C1O. The van der Waals surface area contributed by atoms with Gasteiger partial charge in [0.1, 0.15) is 17.5 Å². The molecule has 1 amide bonds. The zero-order chi connectivity index (χ0) is 19.3. The molecule has 142 valence electrons. The summed E-state index contributed by atoms with van der Waals surface area (Å²) in [6.45, 7) is 3.87. The highest BCUT2D eigenvalue weighted by Crippen LogP contribution is 2.46. The molecule has 0 spiro atoms. The summed E-state index contributed by atoms with van der Waals surface area (Å²) in [7, 11) is 0. The minimum Gasteiger partial charge on any atom is -0.485 e. The Hall–Kier alpha value is -2.12. The molecule has 0 bridgehead atoms. The second kappa shape index (κ2) is 6.49. The first-order valence-corrected chi connectivity index (χ1v) is 9.50. The number of hydrogen-bond donors (Lipinski definition) is 1. The molecule has 2 atom stereocenters. The Morgan fingerprint density at radius 3 is 2.70 bits per heavy atom. The van der Waals surface area contributed by atoms with Gasteiger partial charge in [-0.25, -0.2) is 0 Å². The van der Waals surface area contributed by atoms with Gasteiger partial charge in [0.2, 0.25) is 0 Å². The van der Waals surface area contributed by atoms with Crippen LogP contribution in [0.4, 0.5) is 8.78 Å². The van der Waals surface area contributed by atoms with Crippen LogP contribution in [-0.4, -0.2) is 33.4 Å². The highest BCUT2D eigenvalue weighted by molar-refractivity contribution is 7.99. The van der Waals surface area contributed by atoms with Crippen LogP contribution in [0.3, 0.4) is 0 Å². The van der Waals surface area contributed by atoms with Gasteiger partial charge in [0.25, 0.3) is 11.7 Å². The third-order valence-corrected chi connectivity index (χ3v) is 5.80. The number of ether oxygens (including phenoxy) is 1. The van der Waals surface area contributed by atoms with E-state index in [9.17, 15) is 18.7 Å². The lowest BCUT2D eigenvalue weighted by atomic mass is 9.85. The normalized spacial score (nSPS) is 23.2. The Morgan fingerprint density at radius 1 is 1.26 bits per heavy atom. The van der Waals surface area contributed by atoms with Crippen molar-refractivity contribution in [2.45, 2.75) is 48.8 Å². The van der Waals surface area contributed by atoms with Crippen LogP contribution >= 0.6 is 11.8 Å². The second-order valence-corrected chi connectivity index (χ2v) is 8.33. The number of aliphatic hydroxyl groups is 1. The number of fused-ring (bicyclic) bond motifs is 2. The molecule has 0 saturated carbocycles. The van der Waals surface area contributed by atoms with Gasteiger partial charge in [-0.05, 0) is 43.7 Å². The molecule has 0 saturated heterocycles. The van der Waals surface area contributed by atoms with Crippen LogP contribution in [0.15, 0.2) is 47.4 Å². The smallest absolute Gasteiger partial charge is 0.288 e. The Morgan fingerprint density at radius 2 is 2.00 bits per heavy atom. The van der Waals surface area contributed by atoms with Gasteiger partial charge in [-0.3, -0.25) is 4.79 Å². The van der Waals surface area contributed by atoms with Gasteiger partial charge in [-0.1, -0.05) is 30.0 Å². The average molecular weight is 391 g/mol. The Balaban J connectivity index is 1.79. The summed E-state index contributed by atoms with van der Waals surface area (Å²) in [6, 6.07) is 11.4. The molecule has 4 rings (SSSR count). The van der Waals surface area contributed by atoms with Crippen LogP contribution < -0.4 is 4.74 Å². The molecule has 0 aromatic heterocycles. The van der Waals surface area contributed by atoms with Gasteiger partial charge in [0.05, 0.1) is 6.04 Å². The maximum atomic E-state index is 13.0. The molecule has 1 N–H and O–H groups in total. The molecule has 4 nitrogen and oxygen atoms in total. The number of carbonyl (C=O) groups is 1. The van der Waals surface area contributed by atoms with Crippen molar-refractivity contribution >= 4 is 17.7 Å². The molecule has 2 aromatic carbocycles. The van der Waals surface area contributed by atoms with Crippen molar-refractivity contribution < 1.29 is 23.4 Å². The molecule has 2 aromatic rings. The van der Waals surface area contributed by atoms with Crippen molar-refractivity contribution in [2.75, 3.05) is 0 Å². The van der Waals surface area contributed by atoms with Crippen molar-refractivity contribution in [3.63, 3.8) is 0 Å². The quantitative estimate of drug-likeness (QED) is 0.796. The zero-order valence-corrected chi connectivity index (χ0v) is 15.7. The summed E-state index contributed by atoms with van der Waals surface area (Å²) < 4.78 is 31.5. The first-order valence-electron chi connectivity index (χ1n) is 8.62. The molecule has 2 heterocycles. The number of aliphatic hydroxyl groups excluding tert-OH is 1. The fourth-order valence-electron chi connectivity index (χ4n) is 3.76. The number of amides is 1. The molecule has 0 fully saturated rings. The van der Waals surface area contributed by atoms with Crippen molar-refractivity contribution in [3.05, 3.63) is 59.2 Å². The lowest BCUT2D eigenvalue weighted by Gasteiger charge is -2.45. The molecular formula is C20H19F2NO3S. The minimum absolute atomic E-state index is 0.176. The van der Waals surface area contributed by atoms with Crippen LogP contribution in [-0.2, 0) is 6.54 Å². The van der Waals surface area contributed by atoms with E-state index in [1.807, 2.05) is 12.1 Å². The third-order valence-electron chi connectivity index (χ3n) is 5.09. The summed E-state index contributed by atoms with van der Waals surface area (Å²) in [5.41, 5.74) is 1.12. The molecule has 0 radical (unpaired) electrons. The second-order valence-electron chi connectivity index (χ2n) is 7.26. The van der Waals surface area contributed by atoms with Crippen LogP contribution in [0.5, 0.6) is 5.75 Å². The maximum Gasteiger partial charge on any atom is 0.288 e. The minimum atomic E-state index is -2.55. The summed E-state index contributed by atoms with van der Waals surface area (Å²) in [6.07, 6.45) is -1.00. The van der Waals surface area contributed by atoms with Crippen molar-refractivity contribution in [3.8, 4) is 5.75 Å². The number of thioether (sulfide) groups is 1. The van der Waals surface area contributed by atoms with Gasteiger partial charge >= 0.3 is 0 Å². The van der Waals surface area contributed by atoms with Gasteiger partial charge in [0, 0.05) is 22.6 Å². The van der Waals surface area contributed by atoms with Gasteiger partial charge in [-0.15, -0.1) is 0 Å². The predicted molar refractivity (Wildman–Crippen MR) is 98.1 cm³/mol. The monoisotopic (exact) mass is 391 g/mol. The van der Waals surface area contributed by atoms with Crippen molar-refractivity contribution in [2.24, 2.45) is 0 Å². The number of halogens is 2. The number of nitrogens with zero attached hydrogens (tertiary/aromatic N) is 1. The molecule has 0 aliphatic carbocycles. The zero-order valence-electron chi connectivity index (χ0n) is 14.9. The van der Waals surface area contributed by atoms with E-state index in [1.54, 1.807) is 49.1 Å². The fraction of sp³-hybridized carbons (Fsp3) is 0.350. The topological polar surface area (TPSA) is 49.8 Å². The van der Waals surface area contributed by atoms with E-state index >= 15 is 0 Å². The van der Waals surface area contributed by atoms with E-state index in [0.29, 0.717) is 40.1 Å². The molecule has 2 aliphatic rings. The fourth-order valence-corrected chi connectivity index (χ4v) is 4.31. The molecular weight excluding hydrogens is 372 g/mol. The standard InChI is InChI=1S/C20H19F2NO3S/c1-20(2)17(24)16(23-10-11-5-3-4-6-13(11)18(23)25)14-9-12(27-19(21)22)7-8-15(14)26-20/h3-9,16-17,19,24H,10H2,1-2H3. The van der Waals surface area contributed by atoms with E-state index in [0.717, 1.165) is 5.56 Å². The largest absolute Gasteiger partial charge is 0.485 e. The lowest BCUT2D eigenvalue weighted by molar-refractivity contribution is -0.0869. The molecule has 2 unspecified atom stereocenters. The lowest BCUT2D eigenvalue weighted by Crippen LogP contribution is -2.53. The number of alkyl halides is 2. The molecule has 7 heteroatoms. The maximum absolute atomic E-state index is 13.0. The number of rotatable bonds is 3. The van der Waals surface area contributed by atoms with E-state index in [1.165, 1.54) is 0 Å². The van der Waals surface area contributed by atoms with Gasteiger partial charge in [-0.2, -0.15) is 8.78 Å². The van der Waals surface area contributed by atoms with E-state index in [2.05, 4.69) is 0 Å². The summed E-state index contributed by atoms with van der Waals surface area (Å²) in [5, 5.41) is 11.0. The van der Waals surface area contributed by atoms with Crippen LogP contribution in [0.1, 0.15) is 41.4 Å². The van der Waals surface area contributed by atoms with Crippen LogP contribution in [0, 0.1) is 0 Å². The first-order chi connectivity index (χ1) is 12.8. The third kappa shape index (κ3) is 3.08. The number of hydrogen-bond acceptors (Lipinski definition) is 4. The highest BCUT2D eigenvalue weighted by atomic mass is 32.2. The summed E-state index contributed by atoms with van der Waals surface area (Å²) in [5.74, 6) is -2.23. The predicted octanol–water partition coefficient (Wildman–Crippen LogP) is 4.23. The number of benzene rings is 2. The van der Waals surface area contributed by atoms with E-state index in [-0.39, 0.29) is 5.91 Å². The summed E-state index contributed by atoms with van der Waals surface area (Å²) in [4.78, 5) is 14.9. The number of carbonyl (C=O) groups excluding carboxylic acids is 1. The van der Waals surface area contributed by atoms with Crippen LogP contribution in [0.2, 0.25) is 0 Å². The van der Waals surface area contributed by atoms with E-state index < -0.39 is 23.5 Å². The average Bonchev–Trinajstić information content (AvgIpc) is 2.93. The Labute approximate surface area is 160 Å². The molecule has 2 aliphatic heterocycles. The highest BCUT2D eigenvalue weighted by Gasteiger charge is 2.48. The molecule has 27 heavy (non-hydrogen) atoms. The summed E-state index contributed by atoms with van der Waals surface area (Å²) >= 11 is 0.431. The van der Waals surface area contributed by atoms with E-state index in [4.69, 9.17) is 4.74 Å². The first kappa shape index (κ1) is 18.3. The van der Waals surface area contributed by atoms with Gasteiger partial charge in [0.15, 0.2) is 0 Å².